The highest BCUT2D eigenvalue weighted by Crippen LogP contribution is 2.24. The van der Waals surface area contributed by atoms with Crippen LogP contribution < -0.4 is 16.0 Å². The number of phenols is 1. The van der Waals surface area contributed by atoms with Crippen molar-refractivity contribution in [1.82, 2.24) is 5.32 Å². The minimum atomic E-state index is -1.32. The molecule has 0 radical (unpaired) electrons. The number of halogens is 1. The number of carbonyl (C=O) groups excluding carboxylic acids is 3. The summed E-state index contributed by atoms with van der Waals surface area (Å²) in [5.74, 6) is -3.15. The van der Waals surface area contributed by atoms with E-state index >= 15 is 0 Å². The summed E-state index contributed by atoms with van der Waals surface area (Å²) in [6, 6.07) is 25.9. The van der Waals surface area contributed by atoms with Crippen molar-refractivity contribution in [3.8, 4) is 5.75 Å². The number of rotatable bonds is 10. The summed E-state index contributed by atoms with van der Waals surface area (Å²) in [6.45, 7) is 0. The molecule has 0 aliphatic carbocycles. The molecule has 9 nitrogen and oxygen atoms in total. The Morgan fingerprint density at radius 2 is 1.55 bits per heavy atom. The highest BCUT2D eigenvalue weighted by atomic mass is 35.5. The highest BCUT2D eigenvalue weighted by molar-refractivity contribution is 8.00. The average Bonchev–Trinajstić information content (AvgIpc) is 2.97. The van der Waals surface area contributed by atoms with Gasteiger partial charge in [0.1, 0.15) is 17.0 Å². The molecule has 0 aromatic heterocycles. The smallest absolute Gasteiger partial charge is 0.339 e. The fourth-order valence-electron chi connectivity index (χ4n) is 3.70. The molecule has 42 heavy (non-hydrogen) atoms. The van der Waals surface area contributed by atoms with Gasteiger partial charge in [-0.25, -0.2) is 4.79 Å². The molecule has 0 saturated heterocycles. The SMILES string of the molecule is O=C(CSc1cccc(NC(=O)/C(=C/c2cccc(Cl)c2)NC(=O)c2ccccc2)c1)Nc1ccc(O)c(C(=O)O)c1. The first-order valence-electron chi connectivity index (χ1n) is 12.4. The lowest BCUT2D eigenvalue weighted by Gasteiger charge is -2.12. The highest BCUT2D eigenvalue weighted by Gasteiger charge is 2.16. The van der Waals surface area contributed by atoms with E-state index in [2.05, 4.69) is 16.0 Å². The molecule has 4 rings (SSSR count). The van der Waals surface area contributed by atoms with Crippen LogP contribution in [0.5, 0.6) is 5.75 Å². The second-order valence-corrected chi connectivity index (χ2v) is 10.3. The van der Waals surface area contributed by atoms with E-state index in [1.807, 2.05) is 0 Å². The van der Waals surface area contributed by atoms with E-state index < -0.39 is 29.4 Å². The summed E-state index contributed by atoms with van der Waals surface area (Å²) >= 11 is 7.29. The molecule has 0 bridgehead atoms. The molecule has 212 valence electrons. The fraction of sp³-hybridized carbons (Fsp3) is 0.0323. The molecule has 4 aromatic carbocycles. The summed E-state index contributed by atoms with van der Waals surface area (Å²) in [7, 11) is 0. The lowest BCUT2D eigenvalue weighted by atomic mass is 10.1. The number of nitrogens with one attached hydrogen (secondary N) is 3. The van der Waals surface area contributed by atoms with Crippen LogP contribution in [-0.4, -0.2) is 39.7 Å². The molecule has 3 amide bonds. The molecule has 0 unspecified atom stereocenters. The van der Waals surface area contributed by atoms with Crippen LogP contribution in [0.2, 0.25) is 5.02 Å². The van der Waals surface area contributed by atoms with Crippen molar-refractivity contribution in [2.24, 2.45) is 0 Å². The molecule has 0 spiro atoms. The number of anilines is 2. The Labute approximate surface area is 250 Å². The quantitative estimate of drug-likeness (QED) is 0.0866. The summed E-state index contributed by atoms with van der Waals surface area (Å²) in [4.78, 5) is 50.5. The number of amides is 3. The van der Waals surface area contributed by atoms with Crippen molar-refractivity contribution in [3.05, 3.63) is 124 Å². The fourth-order valence-corrected chi connectivity index (χ4v) is 4.65. The molecular weight excluding hydrogens is 578 g/mol. The zero-order valence-electron chi connectivity index (χ0n) is 21.8. The van der Waals surface area contributed by atoms with Gasteiger partial charge in [-0.1, -0.05) is 48.0 Å². The van der Waals surface area contributed by atoms with E-state index in [1.165, 1.54) is 36.0 Å². The van der Waals surface area contributed by atoms with Crippen LogP contribution in [0, 0.1) is 0 Å². The summed E-state index contributed by atoms with van der Waals surface area (Å²) in [5, 5.41) is 27.3. The molecule has 4 aromatic rings. The van der Waals surface area contributed by atoms with Gasteiger partial charge in [-0.15, -0.1) is 11.8 Å². The maximum absolute atomic E-state index is 13.3. The normalized spacial score (nSPS) is 10.9. The Balaban J connectivity index is 1.44. The Kier molecular flexibility index (Phi) is 9.99. The van der Waals surface area contributed by atoms with Gasteiger partial charge in [0.2, 0.25) is 5.91 Å². The van der Waals surface area contributed by atoms with Crippen LogP contribution >= 0.6 is 23.4 Å². The predicted molar refractivity (Wildman–Crippen MR) is 163 cm³/mol. The first kappa shape index (κ1) is 29.9. The van der Waals surface area contributed by atoms with Crippen molar-refractivity contribution in [3.63, 3.8) is 0 Å². The second kappa shape index (κ2) is 14.0. The van der Waals surface area contributed by atoms with E-state index in [0.717, 1.165) is 0 Å². The third kappa shape index (κ3) is 8.47. The van der Waals surface area contributed by atoms with Crippen molar-refractivity contribution in [2.75, 3.05) is 16.4 Å². The predicted octanol–water partition coefficient (Wildman–Crippen LogP) is 5.88. The number of aromatic hydroxyl groups is 1. The number of hydrogen-bond donors (Lipinski definition) is 5. The van der Waals surface area contributed by atoms with Crippen LogP contribution in [0.1, 0.15) is 26.3 Å². The van der Waals surface area contributed by atoms with E-state index in [9.17, 15) is 24.3 Å². The largest absolute Gasteiger partial charge is 0.507 e. The number of carboxylic acids is 1. The van der Waals surface area contributed by atoms with Gasteiger partial charge >= 0.3 is 5.97 Å². The minimum Gasteiger partial charge on any atom is -0.507 e. The Bertz CT molecular complexity index is 1680. The standard InChI is InChI=1S/C31H24ClN3O6S/c32-21-9-4-6-19(14-21)15-26(35-29(38)20-7-2-1-3-8-20)30(39)34-22-10-5-11-24(16-22)42-18-28(37)33-23-12-13-27(36)25(17-23)31(40)41/h1-17,36H,18H2,(H,33,37)(H,34,39)(H,35,38)(H,40,41)/b26-15-. The molecule has 0 saturated carbocycles. The molecular formula is C31H24ClN3O6S. The zero-order valence-corrected chi connectivity index (χ0v) is 23.4. The van der Waals surface area contributed by atoms with E-state index in [-0.39, 0.29) is 22.7 Å². The third-order valence-electron chi connectivity index (χ3n) is 5.66. The van der Waals surface area contributed by atoms with Gasteiger partial charge in [0.15, 0.2) is 0 Å². The molecule has 0 aliphatic heterocycles. The first-order valence-corrected chi connectivity index (χ1v) is 13.8. The van der Waals surface area contributed by atoms with Gasteiger partial charge in [-0.2, -0.15) is 0 Å². The van der Waals surface area contributed by atoms with E-state index in [4.69, 9.17) is 16.7 Å². The van der Waals surface area contributed by atoms with Gasteiger partial charge in [0.25, 0.3) is 11.8 Å². The number of aromatic carboxylic acids is 1. The molecule has 0 atom stereocenters. The third-order valence-corrected chi connectivity index (χ3v) is 6.89. The van der Waals surface area contributed by atoms with Crippen LogP contribution in [0.25, 0.3) is 6.08 Å². The lowest BCUT2D eigenvalue weighted by Crippen LogP contribution is -2.30. The van der Waals surface area contributed by atoms with Crippen LogP contribution in [-0.2, 0) is 9.59 Å². The zero-order chi connectivity index (χ0) is 30.1. The van der Waals surface area contributed by atoms with Crippen molar-refractivity contribution in [1.29, 1.82) is 0 Å². The number of benzene rings is 4. The first-order chi connectivity index (χ1) is 20.2. The van der Waals surface area contributed by atoms with Crippen molar-refractivity contribution in [2.45, 2.75) is 4.90 Å². The number of carboxylic acid groups (broad SMARTS) is 1. The van der Waals surface area contributed by atoms with Gasteiger partial charge in [-0.05, 0) is 72.3 Å². The Morgan fingerprint density at radius 3 is 2.29 bits per heavy atom. The van der Waals surface area contributed by atoms with E-state index in [1.54, 1.807) is 78.9 Å². The van der Waals surface area contributed by atoms with Gasteiger partial charge in [-0.3, -0.25) is 14.4 Å². The Morgan fingerprint density at radius 1 is 0.810 bits per heavy atom. The monoisotopic (exact) mass is 601 g/mol. The van der Waals surface area contributed by atoms with Crippen molar-refractivity contribution >= 4 is 64.5 Å². The molecule has 11 heteroatoms. The summed E-state index contributed by atoms with van der Waals surface area (Å²) in [6.07, 6.45) is 1.52. The average molecular weight is 602 g/mol. The minimum absolute atomic E-state index is 0.00168. The van der Waals surface area contributed by atoms with Crippen molar-refractivity contribution < 1.29 is 29.4 Å². The summed E-state index contributed by atoms with van der Waals surface area (Å²) < 4.78 is 0. The topological polar surface area (TPSA) is 145 Å². The Hall–Kier alpha value is -5.06. The van der Waals surface area contributed by atoms with E-state index in [0.29, 0.717) is 26.7 Å². The number of thioether (sulfide) groups is 1. The lowest BCUT2D eigenvalue weighted by molar-refractivity contribution is -0.114. The van der Waals surface area contributed by atoms with Crippen LogP contribution in [0.15, 0.2) is 108 Å². The van der Waals surface area contributed by atoms with Crippen LogP contribution in [0.4, 0.5) is 11.4 Å². The maximum atomic E-state index is 13.3. The molecule has 5 N–H and O–H groups in total. The number of hydrogen-bond acceptors (Lipinski definition) is 6. The van der Waals surface area contributed by atoms with Gasteiger partial charge < -0.3 is 26.2 Å². The second-order valence-electron chi connectivity index (χ2n) is 8.79. The molecule has 0 heterocycles. The summed E-state index contributed by atoms with van der Waals surface area (Å²) in [5.41, 5.74) is 1.33. The number of carbonyl (C=O) groups is 4. The molecule has 0 fully saturated rings. The molecule has 0 aliphatic rings. The van der Waals surface area contributed by atoms with Gasteiger partial charge in [0.05, 0.1) is 5.75 Å². The van der Waals surface area contributed by atoms with Gasteiger partial charge in [0, 0.05) is 26.9 Å². The van der Waals surface area contributed by atoms with Crippen LogP contribution in [0.3, 0.4) is 0 Å². The maximum Gasteiger partial charge on any atom is 0.339 e.